The van der Waals surface area contributed by atoms with Crippen molar-refractivity contribution in [2.24, 2.45) is 34.5 Å². The van der Waals surface area contributed by atoms with Gasteiger partial charge in [0.25, 0.3) is 0 Å². The summed E-state index contributed by atoms with van der Waals surface area (Å²) in [6.45, 7) is 7.12. The highest BCUT2D eigenvalue weighted by Gasteiger charge is 2.57. The van der Waals surface area contributed by atoms with E-state index in [4.69, 9.17) is 0 Å². The van der Waals surface area contributed by atoms with Gasteiger partial charge < -0.3 is 5.11 Å². The lowest BCUT2D eigenvalue weighted by atomic mass is 9.46. The topological polar surface area (TPSA) is 20.2 Å². The van der Waals surface area contributed by atoms with Gasteiger partial charge in [0.1, 0.15) is 0 Å². The maximum atomic E-state index is 10.3. The maximum Gasteiger partial charge on any atom is 0.0551 e. The van der Waals surface area contributed by atoms with Gasteiger partial charge in [-0.2, -0.15) is 0 Å². The lowest BCUT2D eigenvalue weighted by Gasteiger charge is -2.59. The molecule has 7 unspecified atom stereocenters. The van der Waals surface area contributed by atoms with Crippen molar-refractivity contribution >= 4 is 0 Å². The van der Waals surface area contributed by atoms with Crippen molar-refractivity contribution in [3.8, 4) is 0 Å². The van der Waals surface area contributed by atoms with E-state index < -0.39 is 0 Å². The van der Waals surface area contributed by atoms with E-state index in [2.05, 4.69) is 19.9 Å². The normalized spacial score (nSPS) is 52.3. The molecule has 4 aliphatic carbocycles. The molecule has 22 heavy (non-hydrogen) atoms. The fourth-order valence-electron chi connectivity index (χ4n) is 7.39. The highest BCUT2D eigenvalue weighted by Crippen LogP contribution is 2.66. The summed E-state index contributed by atoms with van der Waals surface area (Å²) in [5, 5.41) is 10.3. The SMILES string of the molecule is CC(O)C1CC=C2C3CCC4CCCCC4(C)C3CCC21C. The predicted molar refractivity (Wildman–Crippen MR) is 91.5 cm³/mol. The number of allylic oxidation sites excluding steroid dienone is 2. The molecule has 1 nitrogen and oxygen atoms in total. The minimum atomic E-state index is -0.156. The molecule has 0 amide bonds. The standard InChI is InChI=1S/C21H34O/c1-14(22)17-9-10-18-16-8-7-15-6-4-5-12-20(15,2)19(16)11-13-21(17,18)3/h10,14-17,19,22H,4-9,11-13H2,1-3H3. The van der Waals surface area contributed by atoms with E-state index in [0.717, 1.165) is 24.2 Å². The van der Waals surface area contributed by atoms with E-state index in [0.29, 0.717) is 16.7 Å². The first kappa shape index (κ1) is 15.2. The minimum absolute atomic E-state index is 0.156. The van der Waals surface area contributed by atoms with Crippen LogP contribution in [-0.2, 0) is 0 Å². The van der Waals surface area contributed by atoms with Gasteiger partial charge >= 0.3 is 0 Å². The largest absolute Gasteiger partial charge is 0.393 e. The van der Waals surface area contributed by atoms with Gasteiger partial charge in [-0.1, -0.05) is 38.3 Å². The van der Waals surface area contributed by atoms with Gasteiger partial charge in [-0.3, -0.25) is 0 Å². The molecule has 124 valence electrons. The molecule has 0 heterocycles. The van der Waals surface area contributed by atoms with Gasteiger partial charge in [-0.05, 0) is 86.4 Å². The van der Waals surface area contributed by atoms with Crippen LogP contribution in [-0.4, -0.2) is 11.2 Å². The van der Waals surface area contributed by atoms with Gasteiger partial charge in [0.2, 0.25) is 0 Å². The van der Waals surface area contributed by atoms with Crippen LogP contribution in [0.25, 0.3) is 0 Å². The Morgan fingerprint density at radius 1 is 1.09 bits per heavy atom. The van der Waals surface area contributed by atoms with Gasteiger partial charge in [-0.15, -0.1) is 0 Å². The molecule has 1 N–H and O–H groups in total. The molecule has 1 heteroatoms. The molecule has 4 aliphatic rings. The molecule has 3 fully saturated rings. The summed E-state index contributed by atoms with van der Waals surface area (Å²) >= 11 is 0. The third-order valence-corrected chi connectivity index (χ3v) is 8.64. The highest BCUT2D eigenvalue weighted by molar-refractivity contribution is 5.30. The van der Waals surface area contributed by atoms with E-state index in [1.54, 1.807) is 5.57 Å². The van der Waals surface area contributed by atoms with E-state index in [1.807, 2.05) is 6.92 Å². The second kappa shape index (κ2) is 5.10. The molecular formula is C21H34O. The number of hydrogen-bond donors (Lipinski definition) is 1. The summed E-state index contributed by atoms with van der Waals surface area (Å²) in [6, 6.07) is 0. The quantitative estimate of drug-likeness (QED) is 0.648. The predicted octanol–water partition coefficient (Wildman–Crippen LogP) is 5.34. The Morgan fingerprint density at radius 3 is 2.68 bits per heavy atom. The lowest BCUT2D eigenvalue weighted by Crippen LogP contribution is -2.51. The molecule has 3 saturated carbocycles. The molecule has 0 radical (unpaired) electrons. The Morgan fingerprint density at radius 2 is 1.91 bits per heavy atom. The molecule has 0 bridgehead atoms. The van der Waals surface area contributed by atoms with Crippen molar-refractivity contribution in [2.75, 3.05) is 0 Å². The number of fused-ring (bicyclic) bond motifs is 5. The Hall–Kier alpha value is -0.300. The number of hydrogen-bond acceptors (Lipinski definition) is 1. The van der Waals surface area contributed by atoms with Crippen LogP contribution < -0.4 is 0 Å². The van der Waals surface area contributed by atoms with Crippen molar-refractivity contribution in [1.29, 1.82) is 0 Å². The van der Waals surface area contributed by atoms with E-state index in [-0.39, 0.29) is 6.10 Å². The second-order valence-corrected chi connectivity index (χ2v) is 9.44. The molecular weight excluding hydrogens is 268 g/mol. The van der Waals surface area contributed by atoms with Crippen molar-refractivity contribution in [3.05, 3.63) is 11.6 Å². The third kappa shape index (κ3) is 1.93. The van der Waals surface area contributed by atoms with Crippen LogP contribution in [0.5, 0.6) is 0 Å². The molecule has 0 aromatic rings. The highest BCUT2D eigenvalue weighted by atomic mass is 16.3. The van der Waals surface area contributed by atoms with Crippen molar-refractivity contribution in [3.63, 3.8) is 0 Å². The zero-order valence-corrected chi connectivity index (χ0v) is 14.8. The molecule has 0 saturated heterocycles. The zero-order valence-electron chi connectivity index (χ0n) is 14.8. The van der Waals surface area contributed by atoms with Gasteiger partial charge in [-0.25, -0.2) is 0 Å². The van der Waals surface area contributed by atoms with Gasteiger partial charge in [0.05, 0.1) is 6.10 Å². The monoisotopic (exact) mass is 302 g/mol. The lowest BCUT2D eigenvalue weighted by molar-refractivity contribution is -0.0627. The summed E-state index contributed by atoms with van der Waals surface area (Å²) in [5.41, 5.74) is 2.68. The average Bonchev–Trinajstić information content (AvgIpc) is 2.84. The fourth-order valence-corrected chi connectivity index (χ4v) is 7.39. The Labute approximate surface area is 136 Å². The van der Waals surface area contributed by atoms with Crippen LogP contribution in [0.2, 0.25) is 0 Å². The molecule has 0 spiro atoms. The van der Waals surface area contributed by atoms with Crippen molar-refractivity contribution in [2.45, 2.75) is 84.7 Å². The van der Waals surface area contributed by atoms with Gasteiger partial charge in [0.15, 0.2) is 0 Å². The molecule has 0 aromatic heterocycles. The number of aliphatic hydroxyl groups is 1. The van der Waals surface area contributed by atoms with Crippen LogP contribution in [0.3, 0.4) is 0 Å². The summed E-state index contributed by atoms with van der Waals surface area (Å²) in [7, 11) is 0. The average molecular weight is 303 g/mol. The first-order valence-corrected chi connectivity index (χ1v) is 9.85. The minimum Gasteiger partial charge on any atom is -0.393 e. The molecule has 7 atom stereocenters. The molecule has 0 aromatic carbocycles. The van der Waals surface area contributed by atoms with E-state index in [9.17, 15) is 5.11 Å². The van der Waals surface area contributed by atoms with Crippen LogP contribution in [0, 0.1) is 34.5 Å². The first-order valence-electron chi connectivity index (χ1n) is 9.85. The summed E-state index contributed by atoms with van der Waals surface area (Å²) < 4.78 is 0. The molecule has 0 aliphatic heterocycles. The number of aliphatic hydroxyl groups excluding tert-OH is 1. The van der Waals surface area contributed by atoms with Crippen molar-refractivity contribution < 1.29 is 5.11 Å². The third-order valence-electron chi connectivity index (χ3n) is 8.64. The Kier molecular flexibility index (Phi) is 3.53. The van der Waals surface area contributed by atoms with Crippen LogP contribution in [0.15, 0.2) is 11.6 Å². The summed E-state index contributed by atoms with van der Waals surface area (Å²) in [6.07, 6.45) is 15.0. The number of rotatable bonds is 1. The Balaban J connectivity index is 1.65. The van der Waals surface area contributed by atoms with E-state index in [1.165, 1.54) is 51.4 Å². The zero-order chi connectivity index (χ0) is 15.5. The smallest absolute Gasteiger partial charge is 0.0551 e. The summed E-state index contributed by atoms with van der Waals surface area (Å²) in [5.74, 6) is 3.24. The van der Waals surface area contributed by atoms with Crippen molar-refractivity contribution in [1.82, 2.24) is 0 Å². The van der Waals surface area contributed by atoms with Crippen LogP contribution in [0.4, 0.5) is 0 Å². The summed E-state index contributed by atoms with van der Waals surface area (Å²) in [4.78, 5) is 0. The maximum absolute atomic E-state index is 10.3. The Bertz CT molecular complexity index is 478. The van der Waals surface area contributed by atoms with Crippen LogP contribution >= 0.6 is 0 Å². The van der Waals surface area contributed by atoms with Gasteiger partial charge in [0, 0.05) is 0 Å². The van der Waals surface area contributed by atoms with Crippen LogP contribution in [0.1, 0.15) is 78.6 Å². The first-order chi connectivity index (χ1) is 10.5. The van der Waals surface area contributed by atoms with E-state index >= 15 is 0 Å². The second-order valence-electron chi connectivity index (χ2n) is 9.44. The fraction of sp³-hybridized carbons (Fsp3) is 0.905. The molecule has 4 rings (SSSR count).